The first-order valence-corrected chi connectivity index (χ1v) is 9.50. The molecule has 0 saturated heterocycles. The SMILES string of the molecule is COC(=O)c1ccc(CSc2nnc(COc3ccccc3Cl)n2C)cc1. The van der Waals surface area contributed by atoms with Crippen molar-refractivity contribution in [1.29, 1.82) is 0 Å². The summed E-state index contributed by atoms with van der Waals surface area (Å²) in [7, 11) is 3.27. The number of carbonyl (C=O) groups excluding carboxylic acids is 1. The zero-order valence-corrected chi connectivity index (χ0v) is 16.5. The van der Waals surface area contributed by atoms with E-state index in [1.165, 1.54) is 7.11 Å². The zero-order chi connectivity index (χ0) is 19.2. The van der Waals surface area contributed by atoms with Crippen LogP contribution in [0.25, 0.3) is 0 Å². The molecule has 0 amide bonds. The number of carbonyl (C=O) groups is 1. The number of methoxy groups -OCH3 is 1. The third-order valence-electron chi connectivity index (χ3n) is 3.86. The number of hydrogen-bond donors (Lipinski definition) is 0. The molecule has 27 heavy (non-hydrogen) atoms. The fourth-order valence-electron chi connectivity index (χ4n) is 2.30. The normalized spacial score (nSPS) is 10.6. The van der Waals surface area contributed by atoms with Crippen molar-refractivity contribution in [2.45, 2.75) is 17.5 Å². The molecular weight excluding hydrogens is 386 g/mol. The molecule has 2 aromatic carbocycles. The molecule has 0 aliphatic rings. The van der Waals surface area contributed by atoms with E-state index in [-0.39, 0.29) is 12.6 Å². The van der Waals surface area contributed by atoms with Gasteiger partial charge in [-0.15, -0.1) is 10.2 Å². The molecule has 0 radical (unpaired) electrons. The van der Waals surface area contributed by atoms with Gasteiger partial charge in [0.05, 0.1) is 17.7 Å². The molecule has 0 saturated carbocycles. The number of rotatable bonds is 7. The Labute approximate surface area is 166 Å². The summed E-state index contributed by atoms with van der Waals surface area (Å²) in [5, 5.41) is 9.74. The van der Waals surface area contributed by atoms with Crippen molar-refractivity contribution in [2.75, 3.05) is 7.11 Å². The Balaban J connectivity index is 1.59. The van der Waals surface area contributed by atoms with E-state index < -0.39 is 0 Å². The third-order valence-corrected chi connectivity index (χ3v) is 5.27. The van der Waals surface area contributed by atoms with Crippen LogP contribution in [0.15, 0.2) is 53.7 Å². The van der Waals surface area contributed by atoms with E-state index in [1.807, 2.05) is 41.9 Å². The highest BCUT2D eigenvalue weighted by Crippen LogP contribution is 2.25. The summed E-state index contributed by atoms with van der Waals surface area (Å²) in [6.07, 6.45) is 0. The Morgan fingerprint density at radius 1 is 1.15 bits per heavy atom. The maximum atomic E-state index is 11.5. The van der Waals surface area contributed by atoms with Crippen molar-refractivity contribution in [1.82, 2.24) is 14.8 Å². The van der Waals surface area contributed by atoms with E-state index in [1.54, 1.807) is 30.0 Å². The maximum absolute atomic E-state index is 11.5. The van der Waals surface area contributed by atoms with Gasteiger partial charge in [-0.2, -0.15) is 0 Å². The van der Waals surface area contributed by atoms with Gasteiger partial charge in [0.15, 0.2) is 11.0 Å². The smallest absolute Gasteiger partial charge is 0.337 e. The van der Waals surface area contributed by atoms with Gasteiger partial charge in [0.2, 0.25) is 0 Å². The van der Waals surface area contributed by atoms with Crippen molar-refractivity contribution in [3.63, 3.8) is 0 Å². The first kappa shape index (κ1) is 19.3. The largest absolute Gasteiger partial charge is 0.484 e. The molecule has 140 valence electrons. The van der Waals surface area contributed by atoms with Crippen LogP contribution in [0.4, 0.5) is 0 Å². The van der Waals surface area contributed by atoms with Gasteiger partial charge >= 0.3 is 5.97 Å². The lowest BCUT2D eigenvalue weighted by molar-refractivity contribution is 0.0600. The van der Waals surface area contributed by atoms with Gasteiger partial charge < -0.3 is 14.0 Å². The molecule has 1 aromatic heterocycles. The molecule has 3 aromatic rings. The zero-order valence-electron chi connectivity index (χ0n) is 14.9. The Kier molecular flexibility index (Phi) is 6.36. The summed E-state index contributed by atoms with van der Waals surface area (Å²) in [5.41, 5.74) is 1.61. The minimum absolute atomic E-state index is 0.279. The van der Waals surface area contributed by atoms with Crippen LogP contribution in [0.5, 0.6) is 5.75 Å². The molecule has 0 unspecified atom stereocenters. The van der Waals surface area contributed by atoms with Gasteiger partial charge in [0, 0.05) is 12.8 Å². The highest BCUT2D eigenvalue weighted by atomic mass is 35.5. The van der Waals surface area contributed by atoms with Crippen LogP contribution in [0, 0.1) is 0 Å². The predicted octanol–water partition coefficient (Wildman–Crippen LogP) is 4.13. The quantitative estimate of drug-likeness (QED) is 0.436. The van der Waals surface area contributed by atoms with Gasteiger partial charge in [-0.05, 0) is 29.8 Å². The standard InChI is InChI=1S/C19H18ClN3O3S/c1-23-17(11-26-16-6-4-3-5-15(16)20)21-22-19(23)27-12-13-7-9-14(10-8-13)18(24)25-2/h3-10H,11-12H2,1-2H3. The van der Waals surface area contributed by atoms with Crippen LogP contribution in [0.3, 0.4) is 0 Å². The fourth-order valence-corrected chi connectivity index (χ4v) is 3.38. The van der Waals surface area contributed by atoms with E-state index in [0.29, 0.717) is 27.9 Å². The molecule has 3 rings (SSSR count). The second-order valence-corrected chi connectivity index (χ2v) is 7.00. The molecule has 0 bridgehead atoms. The molecule has 0 fully saturated rings. The minimum atomic E-state index is -0.342. The van der Waals surface area contributed by atoms with E-state index in [9.17, 15) is 4.79 Å². The second-order valence-electron chi connectivity index (χ2n) is 5.65. The number of ether oxygens (including phenoxy) is 2. The number of benzene rings is 2. The van der Waals surface area contributed by atoms with Crippen molar-refractivity contribution < 1.29 is 14.3 Å². The number of aromatic nitrogens is 3. The van der Waals surface area contributed by atoms with Gasteiger partial charge in [-0.25, -0.2) is 4.79 Å². The lowest BCUT2D eigenvalue weighted by Crippen LogP contribution is -2.04. The Morgan fingerprint density at radius 2 is 1.89 bits per heavy atom. The number of halogens is 1. The predicted molar refractivity (Wildman–Crippen MR) is 104 cm³/mol. The molecule has 0 N–H and O–H groups in total. The van der Waals surface area contributed by atoms with Crippen LogP contribution < -0.4 is 4.74 Å². The molecule has 0 aliphatic carbocycles. The van der Waals surface area contributed by atoms with Crippen molar-refractivity contribution >= 4 is 29.3 Å². The summed E-state index contributed by atoms with van der Waals surface area (Å²) in [6, 6.07) is 14.6. The molecule has 6 nitrogen and oxygen atoms in total. The maximum Gasteiger partial charge on any atom is 0.337 e. The number of nitrogens with zero attached hydrogens (tertiary/aromatic N) is 3. The minimum Gasteiger partial charge on any atom is -0.484 e. The van der Waals surface area contributed by atoms with Crippen molar-refractivity contribution in [3.05, 3.63) is 70.5 Å². The highest BCUT2D eigenvalue weighted by molar-refractivity contribution is 7.98. The number of para-hydroxylation sites is 1. The summed E-state index contributed by atoms with van der Waals surface area (Å²) in [6.45, 7) is 0.279. The van der Waals surface area contributed by atoms with Crippen molar-refractivity contribution in [3.8, 4) is 5.75 Å². The van der Waals surface area contributed by atoms with E-state index in [0.717, 1.165) is 10.7 Å². The first-order chi connectivity index (χ1) is 13.1. The Hall–Kier alpha value is -2.51. The van der Waals surface area contributed by atoms with Crippen LogP contribution in [0.2, 0.25) is 5.02 Å². The fraction of sp³-hybridized carbons (Fsp3) is 0.211. The van der Waals surface area contributed by atoms with Crippen LogP contribution in [0.1, 0.15) is 21.7 Å². The van der Waals surface area contributed by atoms with E-state index in [2.05, 4.69) is 10.2 Å². The molecule has 8 heteroatoms. The summed E-state index contributed by atoms with van der Waals surface area (Å²) in [4.78, 5) is 11.5. The average molecular weight is 404 g/mol. The molecule has 0 aliphatic heterocycles. The van der Waals surface area contributed by atoms with E-state index >= 15 is 0 Å². The monoisotopic (exact) mass is 403 g/mol. The first-order valence-electron chi connectivity index (χ1n) is 8.14. The Bertz CT molecular complexity index is 928. The van der Waals surface area contributed by atoms with Gasteiger partial charge in [0.1, 0.15) is 12.4 Å². The summed E-state index contributed by atoms with van der Waals surface area (Å²) in [5.74, 6) is 1.69. The lowest BCUT2D eigenvalue weighted by Gasteiger charge is -2.08. The lowest BCUT2D eigenvalue weighted by atomic mass is 10.1. The van der Waals surface area contributed by atoms with Gasteiger partial charge in [-0.1, -0.05) is 47.6 Å². The number of thioether (sulfide) groups is 1. The van der Waals surface area contributed by atoms with Gasteiger partial charge in [0.25, 0.3) is 0 Å². The number of hydrogen-bond acceptors (Lipinski definition) is 6. The van der Waals surface area contributed by atoms with Gasteiger partial charge in [-0.3, -0.25) is 0 Å². The molecule has 0 spiro atoms. The van der Waals surface area contributed by atoms with Crippen LogP contribution >= 0.6 is 23.4 Å². The topological polar surface area (TPSA) is 66.2 Å². The number of esters is 1. The second kappa shape index (κ2) is 8.92. The van der Waals surface area contributed by atoms with Crippen LogP contribution in [-0.2, 0) is 24.1 Å². The molecule has 0 atom stereocenters. The third kappa shape index (κ3) is 4.81. The average Bonchev–Trinajstić information content (AvgIpc) is 3.05. The van der Waals surface area contributed by atoms with Crippen molar-refractivity contribution in [2.24, 2.45) is 7.05 Å². The summed E-state index contributed by atoms with van der Waals surface area (Å²) >= 11 is 7.65. The van der Waals surface area contributed by atoms with E-state index in [4.69, 9.17) is 21.1 Å². The highest BCUT2D eigenvalue weighted by Gasteiger charge is 2.11. The molecular formula is C19H18ClN3O3S. The van der Waals surface area contributed by atoms with Crippen LogP contribution in [-0.4, -0.2) is 27.8 Å². The Morgan fingerprint density at radius 3 is 2.59 bits per heavy atom. The molecule has 1 heterocycles. The summed E-state index contributed by atoms with van der Waals surface area (Å²) < 4.78 is 12.3.